The number of thioether (sulfide) groups is 1. The third-order valence-electron chi connectivity index (χ3n) is 3.12. The zero-order chi connectivity index (χ0) is 16.9. The lowest BCUT2D eigenvalue weighted by Gasteiger charge is -2.04. The van der Waals surface area contributed by atoms with Crippen LogP contribution in [-0.2, 0) is 22.6 Å². The van der Waals surface area contributed by atoms with Crippen LogP contribution in [0, 0.1) is 0 Å². The van der Waals surface area contributed by atoms with Crippen molar-refractivity contribution in [3.8, 4) is 0 Å². The first kappa shape index (κ1) is 16.7. The van der Waals surface area contributed by atoms with Gasteiger partial charge in [-0.05, 0) is 18.6 Å². The molecule has 0 spiro atoms. The minimum atomic E-state index is -0.343. The fourth-order valence-corrected chi connectivity index (χ4v) is 3.54. The number of hydrogen-bond donors (Lipinski definition) is 0. The Balaban J connectivity index is 1.60. The van der Waals surface area contributed by atoms with E-state index < -0.39 is 0 Å². The molecule has 0 radical (unpaired) electrons. The summed E-state index contributed by atoms with van der Waals surface area (Å²) in [7, 11) is 0. The van der Waals surface area contributed by atoms with E-state index in [1.54, 1.807) is 0 Å². The molecule has 24 heavy (non-hydrogen) atoms. The lowest BCUT2D eigenvalue weighted by molar-refractivity contribution is -0.141. The number of carbonyl (C=O) groups is 1. The van der Waals surface area contributed by atoms with Gasteiger partial charge in [0.15, 0.2) is 0 Å². The van der Waals surface area contributed by atoms with Crippen LogP contribution >= 0.6 is 23.1 Å². The summed E-state index contributed by atoms with van der Waals surface area (Å²) < 4.78 is 6.48. The fourth-order valence-electron chi connectivity index (χ4n) is 1.97. The van der Waals surface area contributed by atoms with Crippen molar-refractivity contribution < 1.29 is 9.53 Å². The lowest BCUT2D eigenvalue weighted by atomic mass is 10.4. The number of hydrogen-bond acceptors (Lipinski definition) is 7. The second kappa shape index (κ2) is 7.59. The number of benzene rings is 1. The molecule has 124 valence electrons. The van der Waals surface area contributed by atoms with E-state index in [9.17, 15) is 9.59 Å². The number of ether oxygens (including phenoxy) is 1. The predicted octanol–water partition coefficient (Wildman–Crippen LogP) is 2.55. The highest BCUT2D eigenvalue weighted by atomic mass is 32.2. The van der Waals surface area contributed by atoms with Gasteiger partial charge in [0.1, 0.15) is 11.6 Å². The number of carbonyl (C=O) groups excluding carboxylic acids is 1. The molecule has 0 aliphatic carbocycles. The van der Waals surface area contributed by atoms with E-state index in [0.717, 1.165) is 16.3 Å². The van der Waals surface area contributed by atoms with Gasteiger partial charge in [-0.25, -0.2) is 4.98 Å². The molecule has 6 nitrogen and oxygen atoms in total. The van der Waals surface area contributed by atoms with E-state index in [0.29, 0.717) is 10.7 Å². The molecular formula is C16H15N3O3S2. The molecule has 0 bridgehead atoms. The smallest absolute Gasteiger partial charge is 0.316 e. The SMILES string of the molecule is CCc1nn2c(=O)cc(COC(=O)CSc3ccccc3)nc2s1. The maximum absolute atomic E-state index is 12.0. The van der Waals surface area contributed by atoms with E-state index >= 15 is 0 Å². The summed E-state index contributed by atoms with van der Waals surface area (Å²) in [4.78, 5) is 29.7. The highest BCUT2D eigenvalue weighted by Gasteiger charge is 2.10. The summed E-state index contributed by atoms with van der Waals surface area (Å²) in [6.07, 6.45) is 0.745. The number of nitrogens with zero attached hydrogens (tertiary/aromatic N) is 3. The number of aryl methyl sites for hydroxylation is 1. The van der Waals surface area contributed by atoms with Crippen LogP contribution in [0.1, 0.15) is 17.6 Å². The Morgan fingerprint density at radius 2 is 2.12 bits per heavy atom. The Bertz CT molecular complexity index is 906. The van der Waals surface area contributed by atoms with Crippen LogP contribution < -0.4 is 5.56 Å². The van der Waals surface area contributed by atoms with Crippen molar-refractivity contribution in [2.24, 2.45) is 0 Å². The van der Waals surface area contributed by atoms with E-state index in [1.807, 2.05) is 37.3 Å². The molecule has 0 amide bonds. The highest BCUT2D eigenvalue weighted by Crippen LogP contribution is 2.17. The molecule has 0 aliphatic heterocycles. The summed E-state index contributed by atoms with van der Waals surface area (Å²) in [5.74, 6) is -0.129. The quantitative estimate of drug-likeness (QED) is 0.496. The maximum atomic E-state index is 12.0. The first-order chi connectivity index (χ1) is 11.7. The molecule has 0 saturated heterocycles. The van der Waals surface area contributed by atoms with Gasteiger partial charge in [0.25, 0.3) is 5.56 Å². The Kier molecular flexibility index (Phi) is 5.27. The van der Waals surface area contributed by atoms with Crippen LogP contribution in [0.15, 0.2) is 46.1 Å². The highest BCUT2D eigenvalue weighted by molar-refractivity contribution is 8.00. The Morgan fingerprint density at radius 1 is 1.33 bits per heavy atom. The summed E-state index contributed by atoms with van der Waals surface area (Å²) in [5.41, 5.74) is 0.171. The molecule has 2 aromatic heterocycles. The monoisotopic (exact) mass is 361 g/mol. The molecule has 0 saturated carbocycles. The van der Waals surface area contributed by atoms with Crippen molar-refractivity contribution in [1.29, 1.82) is 0 Å². The number of esters is 1. The molecule has 8 heteroatoms. The standard InChI is InChI=1S/C16H15N3O3S2/c1-2-13-18-19-14(20)8-11(17-16(19)24-13)9-22-15(21)10-23-12-6-4-3-5-7-12/h3-8H,2,9-10H2,1H3. The summed E-state index contributed by atoms with van der Waals surface area (Å²) in [6.45, 7) is 1.95. The van der Waals surface area contributed by atoms with Crippen LogP contribution in [-0.4, -0.2) is 26.3 Å². The summed E-state index contributed by atoms with van der Waals surface area (Å²) in [6, 6.07) is 11.0. The van der Waals surface area contributed by atoms with Crippen molar-refractivity contribution >= 4 is 34.0 Å². The number of rotatable bonds is 6. The zero-order valence-electron chi connectivity index (χ0n) is 13.0. The van der Waals surface area contributed by atoms with E-state index in [-0.39, 0.29) is 23.9 Å². The largest absolute Gasteiger partial charge is 0.459 e. The van der Waals surface area contributed by atoms with Gasteiger partial charge < -0.3 is 4.74 Å². The Morgan fingerprint density at radius 3 is 2.88 bits per heavy atom. The van der Waals surface area contributed by atoms with E-state index in [1.165, 1.54) is 33.7 Å². The molecule has 2 heterocycles. The van der Waals surface area contributed by atoms with Gasteiger partial charge in [0.05, 0.1) is 11.4 Å². The third-order valence-corrected chi connectivity index (χ3v) is 5.16. The second-order valence-electron chi connectivity index (χ2n) is 4.89. The summed E-state index contributed by atoms with van der Waals surface area (Å²) in [5, 5.41) is 5.02. The van der Waals surface area contributed by atoms with Gasteiger partial charge in [0, 0.05) is 11.0 Å². The Hall–Kier alpha value is -2.19. The van der Waals surface area contributed by atoms with E-state index in [2.05, 4.69) is 10.1 Å². The van der Waals surface area contributed by atoms with E-state index in [4.69, 9.17) is 4.74 Å². The molecule has 0 aliphatic rings. The molecule has 0 N–H and O–H groups in total. The van der Waals surface area contributed by atoms with Crippen LogP contribution in [0.3, 0.4) is 0 Å². The van der Waals surface area contributed by atoms with Gasteiger partial charge in [-0.15, -0.1) is 11.8 Å². The minimum Gasteiger partial charge on any atom is -0.459 e. The lowest BCUT2D eigenvalue weighted by Crippen LogP contribution is -2.17. The Labute approximate surface area is 146 Å². The van der Waals surface area contributed by atoms with Crippen molar-refractivity contribution in [2.45, 2.75) is 24.8 Å². The normalized spacial score (nSPS) is 10.9. The van der Waals surface area contributed by atoms with Crippen LogP contribution in [0.25, 0.3) is 4.96 Å². The maximum Gasteiger partial charge on any atom is 0.316 e. The van der Waals surface area contributed by atoms with Gasteiger partial charge >= 0.3 is 5.97 Å². The van der Waals surface area contributed by atoms with Gasteiger partial charge in [-0.3, -0.25) is 9.59 Å². The third kappa shape index (κ3) is 4.01. The topological polar surface area (TPSA) is 73.6 Å². The predicted molar refractivity (Wildman–Crippen MR) is 93.5 cm³/mol. The summed E-state index contributed by atoms with van der Waals surface area (Å²) >= 11 is 2.77. The average Bonchev–Trinajstić information content (AvgIpc) is 3.03. The second-order valence-corrected chi connectivity index (χ2v) is 6.98. The molecule has 0 atom stereocenters. The number of aromatic nitrogens is 3. The van der Waals surface area contributed by atoms with Crippen molar-refractivity contribution in [1.82, 2.24) is 14.6 Å². The average molecular weight is 361 g/mol. The first-order valence-electron chi connectivity index (χ1n) is 7.38. The molecule has 3 aromatic rings. The van der Waals surface area contributed by atoms with Crippen LogP contribution in [0.2, 0.25) is 0 Å². The fraction of sp³-hybridized carbons (Fsp3) is 0.250. The van der Waals surface area contributed by atoms with Gasteiger partial charge in [-0.2, -0.15) is 9.61 Å². The molecule has 0 unspecified atom stereocenters. The van der Waals surface area contributed by atoms with Crippen LogP contribution in [0.4, 0.5) is 0 Å². The van der Waals surface area contributed by atoms with Gasteiger partial charge in [-0.1, -0.05) is 36.5 Å². The molecular weight excluding hydrogens is 346 g/mol. The van der Waals surface area contributed by atoms with Crippen molar-refractivity contribution in [2.75, 3.05) is 5.75 Å². The first-order valence-corrected chi connectivity index (χ1v) is 9.18. The minimum absolute atomic E-state index is 0.0146. The van der Waals surface area contributed by atoms with Crippen molar-refractivity contribution in [3.63, 3.8) is 0 Å². The van der Waals surface area contributed by atoms with Gasteiger partial charge in [0.2, 0.25) is 4.96 Å². The van der Waals surface area contributed by atoms with Crippen molar-refractivity contribution in [3.05, 3.63) is 57.5 Å². The molecule has 0 fully saturated rings. The molecule has 3 rings (SSSR count). The number of fused-ring (bicyclic) bond motifs is 1. The molecule has 1 aromatic carbocycles. The zero-order valence-corrected chi connectivity index (χ0v) is 14.6. The van der Waals surface area contributed by atoms with Crippen LogP contribution in [0.5, 0.6) is 0 Å².